The van der Waals surface area contributed by atoms with Crippen LogP contribution in [0.2, 0.25) is 0 Å². The second kappa shape index (κ2) is 6.21. The van der Waals surface area contributed by atoms with Gasteiger partial charge in [-0.1, -0.05) is 18.2 Å². The quantitative estimate of drug-likeness (QED) is 0.878. The van der Waals surface area contributed by atoms with Crippen LogP contribution in [-0.4, -0.2) is 28.1 Å². The predicted octanol–water partition coefficient (Wildman–Crippen LogP) is 2.41. The van der Waals surface area contributed by atoms with Gasteiger partial charge in [-0.05, 0) is 25.0 Å². The first-order valence-electron chi connectivity index (χ1n) is 6.49. The van der Waals surface area contributed by atoms with Gasteiger partial charge in [0.1, 0.15) is 18.2 Å². The summed E-state index contributed by atoms with van der Waals surface area (Å²) in [5.74, 6) is 0.444. The van der Waals surface area contributed by atoms with Gasteiger partial charge in [-0.15, -0.1) is 0 Å². The van der Waals surface area contributed by atoms with Crippen LogP contribution in [0.15, 0.2) is 24.3 Å². The lowest BCUT2D eigenvalue weighted by molar-refractivity contribution is 0.0689. The third kappa shape index (κ3) is 3.47. The molecule has 2 aromatic rings. The molecule has 0 aliphatic heterocycles. The van der Waals surface area contributed by atoms with E-state index in [0.29, 0.717) is 11.6 Å². The minimum absolute atomic E-state index is 0.0607. The molecular weight excluding hydrogens is 270 g/mol. The van der Waals surface area contributed by atoms with Gasteiger partial charge in [-0.2, -0.15) is 0 Å². The van der Waals surface area contributed by atoms with Crippen molar-refractivity contribution < 1.29 is 14.6 Å². The standard InChI is InChI=1S/C15H17N3O3/c1-9-5-4-6-10(2)14(9)21-8-13-17-11(15(19)20)7-12(16-3)18-13/h4-7H,8H2,1-3H3,(H,19,20)(H,16,17,18). The van der Waals surface area contributed by atoms with E-state index in [9.17, 15) is 4.79 Å². The minimum Gasteiger partial charge on any atom is -0.485 e. The summed E-state index contributed by atoms with van der Waals surface area (Å²) in [7, 11) is 1.67. The fraction of sp³-hybridized carbons (Fsp3) is 0.267. The second-order valence-electron chi connectivity index (χ2n) is 4.62. The average molecular weight is 287 g/mol. The summed E-state index contributed by atoms with van der Waals surface area (Å²) in [4.78, 5) is 19.2. The lowest BCUT2D eigenvalue weighted by Crippen LogP contribution is -2.10. The van der Waals surface area contributed by atoms with Gasteiger partial charge in [0.25, 0.3) is 0 Å². The Morgan fingerprint density at radius 2 is 1.95 bits per heavy atom. The number of aromatic nitrogens is 2. The average Bonchev–Trinajstić information content (AvgIpc) is 2.46. The lowest BCUT2D eigenvalue weighted by atomic mass is 10.1. The molecule has 0 aliphatic rings. The summed E-state index contributed by atoms with van der Waals surface area (Å²) in [5.41, 5.74) is 1.96. The highest BCUT2D eigenvalue weighted by molar-refractivity contribution is 5.86. The summed E-state index contributed by atoms with van der Waals surface area (Å²) in [6.45, 7) is 4.02. The number of anilines is 1. The van der Waals surface area contributed by atoms with Crippen LogP contribution in [0, 0.1) is 13.8 Å². The zero-order valence-electron chi connectivity index (χ0n) is 12.2. The fourth-order valence-electron chi connectivity index (χ4n) is 1.96. The van der Waals surface area contributed by atoms with Crippen LogP contribution in [0.25, 0.3) is 0 Å². The molecule has 1 aromatic carbocycles. The molecule has 2 rings (SSSR count). The highest BCUT2D eigenvalue weighted by Crippen LogP contribution is 2.23. The topological polar surface area (TPSA) is 84.3 Å². The first-order chi connectivity index (χ1) is 10.0. The maximum atomic E-state index is 11.0. The molecule has 0 radical (unpaired) electrons. The van der Waals surface area contributed by atoms with Crippen LogP contribution in [0.5, 0.6) is 5.75 Å². The summed E-state index contributed by atoms with van der Waals surface area (Å²) in [6, 6.07) is 7.24. The molecule has 6 heteroatoms. The Kier molecular flexibility index (Phi) is 4.37. The largest absolute Gasteiger partial charge is 0.485 e. The van der Waals surface area contributed by atoms with E-state index in [1.54, 1.807) is 7.05 Å². The maximum absolute atomic E-state index is 11.0. The molecule has 0 aliphatic carbocycles. The molecule has 0 bridgehead atoms. The summed E-state index contributed by atoms with van der Waals surface area (Å²) in [6.07, 6.45) is 0. The van der Waals surface area contributed by atoms with Crippen LogP contribution in [0.1, 0.15) is 27.4 Å². The van der Waals surface area contributed by atoms with E-state index in [2.05, 4.69) is 15.3 Å². The van der Waals surface area contributed by atoms with Crippen LogP contribution in [0.3, 0.4) is 0 Å². The number of nitrogens with zero attached hydrogens (tertiary/aromatic N) is 2. The van der Waals surface area contributed by atoms with Gasteiger partial charge in [0.15, 0.2) is 11.5 Å². The van der Waals surface area contributed by atoms with E-state index in [4.69, 9.17) is 9.84 Å². The second-order valence-corrected chi connectivity index (χ2v) is 4.62. The van der Waals surface area contributed by atoms with Crippen molar-refractivity contribution in [1.82, 2.24) is 9.97 Å². The molecule has 0 spiro atoms. The molecular formula is C15H17N3O3. The van der Waals surface area contributed by atoms with E-state index in [1.165, 1.54) is 6.07 Å². The van der Waals surface area contributed by atoms with Crippen molar-refractivity contribution in [1.29, 1.82) is 0 Å². The van der Waals surface area contributed by atoms with Crippen molar-refractivity contribution in [2.45, 2.75) is 20.5 Å². The van der Waals surface area contributed by atoms with Gasteiger partial charge in [0, 0.05) is 13.1 Å². The molecule has 0 unspecified atom stereocenters. The third-order valence-corrected chi connectivity index (χ3v) is 3.00. The Morgan fingerprint density at radius 3 is 2.52 bits per heavy atom. The van der Waals surface area contributed by atoms with Crippen LogP contribution in [0.4, 0.5) is 5.82 Å². The van der Waals surface area contributed by atoms with E-state index in [-0.39, 0.29) is 12.3 Å². The molecule has 21 heavy (non-hydrogen) atoms. The van der Waals surface area contributed by atoms with E-state index in [1.807, 2.05) is 32.0 Å². The molecule has 0 saturated heterocycles. The summed E-state index contributed by atoms with van der Waals surface area (Å²) in [5, 5.41) is 11.9. The summed E-state index contributed by atoms with van der Waals surface area (Å²) >= 11 is 0. The SMILES string of the molecule is CNc1cc(C(=O)O)nc(COc2c(C)cccc2C)n1. The molecule has 1 aromatic heterocycles. The smallest absolute Gasteiger partial charge is 0.354 e. The zero-order chi connectivity index (χ0) is 15.4. The zero-order valence-corrected chi connectivity index (χ0v) is 12.2. The maximum Gasteiger partial charge on any atom is 0.354 e. The molecule has 1 heterocycles. The van der Waals surface area contributed by atoms with E-state index in [0.717, 1.165) is 16.9 Å². The number of carbonyl (C=O) groups is 1. The number of para-hydroxylation sites is 1. The predicted molar refractivity (Wildman–Crippen MR) is 78.8 cm³/mol. The number of carboxylic acids is 1. The Balaban J connectivity index is 2.23. The van der Waals surface area contributed by atoms with Crippen LogP contribution in [-0.2, 0) is 6.61 Å². The summed E-state index contributed by atoms with van der Waals surface area (Å²) < 4.78 is 5.74. The molecule has 0 fully saturated rings. The van der Waals surface area contributed by atoms with Crippen LogP contribution < -0.4 is 10.1 Å². The number of aryl methyl sites for hydroxylation is 2. The Bertz CT molecular complexity index is 651. The number of benzene rings is 1. The molecule has 0 amide bonds. The van der Waals surface area contributed by atoms with Crippen molar-refractivity contribution >= 4 is 11.8 Å². The number of rotatable bonds is 5. The highest BCUT2D eigenvalue weighted by atomic mass is 16.5. The van der Waals surface area contributed by atoms with Gasteiger partial charge in [-0.25, -0.2) is 14.8 Å². The first kappa shape index (κ1) is 14.8. The van der Waals surface area contributed by atoms with Gasteiger partial charge >= 0.3 is 5.97 Å². The minimum atomic E-state index is -1.10. The first-order valence-corrected chi connectivity index (χ1v) is 6.49. The normalized spacial score (nSPS) is 10.2. The molecule has 6 nitrogen and oxygen atoms in total. The van der Waals surface area contributed by atoms with Gasteiger partial charge in [0.05, 0.1) is 0 Å². The van der Waals surface area contributed by atoms with Gasteiger partial charge < -0.3 is 15.2 Å². The number of carboxylic acid groups (broad SMARTS) is 1. The number of nitrogens with one attached hydrogen (secondary N) is 1. The monoisotopic (exact) mass is 287 g/mol. The number of hydrogen-bond acceptors (Lipinski definition) is 5. The highest BCUT2D eigenvalue weighted by Gasteiger charge is 2.11. The Labute approximate surface area is 122 Å². The van der Waals surface area contributed by atoms with Crippen molar-refractivity contribution in [2.24, 2.45) is 0 Å². The van der Waals surface area contributed by atoms with Crippen molar-refractivity contribution in [3.63, 3.8) is 0 Å². The van der Waals surface area contributed by atoms with Gasteiger partial charge in [0.2, 0.25) is 0 Å². The van der Waals surface area contributed by atoms with Crippen molar-refractivity contribution in [2.75, 3.05) is 12.4 Å². The molecule has 2 N–H and O–H groups in total. The number of aromatic carboxylic acids is 1. The third-order valence-electron chi connectivity index (χ3n) is 3.00. The van der Waals surface area contributed by atoms with Crippen molar-refractivity contribution in [3.05, 3.63) is 46.9 Å². The van der Waals surface area contributed by atoms with Gasteiger partial charge in [-0.3, -0.25) is 0 Å². The molecule has 0 saturated carbocycles. The number of hydrogen-bond donors (Lipinski definition) is 2. The van der Waals surface area contributed by atoms with E-state index < -0.39 is 5.97 Å². The lowest BCUT2D eigenvalue weighted by Gasteiger charge is -2.12. The Hall–Kier alpha value is -2.63. The van der Waals surface area contributed by atoms with Crippen molar-refractivity contribution in [3.8, 4) is 5.75 Å². The molecule has 0 atom stereocenters. The van der Waals surface area contributed by atoms with Crippen LogP contribution >= 0.6 is 0 Å². The number of ether oxygens (including phenoxy) is 1. The fourth-order valence-corrected chi connectivity index (χ4v) is 1.96. The Morgan fingerprint density at radius 1 is 1.29 bits per heavy atom. The molecule has 110 valence electrons. The van der Waals surface area contributed by atoms with E-state index >= 15 is 0 Å².